The molecule has 2 aromatic rings. The third kappa shape index (κ3) is 2.70. The first-order chi connectivity index (χ1) is 8.69. The highest BCUT2D eigenvalue weighted by Crippen LogP contribution is 2.23. The van der Waals surface area contributed by atoms with E-state index in [1.807, 2.05) is 0 Å². The molecule has 5 heteroatoms. The molecule has 0 heterocycles. The molecule has 0 bridgehead atoms. The summed E-state index contributed by atoms with van der Waals surface area (Å²) in [6, 6.07) is 12.4. The molecule has 0 N–H and O–H groups in total. The van der Waals surface area contributed by atoms with Crippen molar-refractivity contribution in [1.29, 1.82) is 0 Å². The van der Waals surface area contributed by atoms with Gasteiger partial charge in [-0.1, -0.05) is 0 Å². The van der Waals surface area contributed by atoms with Crippen LogP contribution in [0.5, 0.6) is 11.5 Å². The van der Waals surface area contributed by atoms with E-state index in [-0.39, 0.29) is 5.69 Å². The van der Waals surface area contributed by atoms with Gasteiger partial charge in [0.2, 0.25) is 0 Å². The van der Waals surface area contributed by atoms with Crippen molar-refractivity contribution in [3.05, 3.63) is 64.2 Å². The average Bonchev–Trinajstić information content (AvgIpc) is 2.40. The molecule has 0 saturated heterocycles. The fraction of sp³-hybridized carbons (Fsp3) is 0. The van der Waals surface area contributed by atoms with E-state index >= 15 is 0 Å². The summed E-state index contributed by atoms with van der Waals surface area (Å²) in [7, 11) is 0. The zero-order chi connectivity index (χ0) is 13.0. The second-order valence-corrected chi connectivity index (χ2v) is 3.54. The summed E-state index contributed by atoms with van der Waals surface area (Å²) in [4.78, 5) is 20.5. The Bertz CT molecular complexity index is 561. The number of aldehydes is 1. The summed E-state index contributed by atoms with van der Waals surface area (Å²) in [6.07, 6.45) is 0.746. The molecule has 0 aliphatic rings. The largest absolute Gasteiger partial charge is 0.457 e. The van der Waals surface area contributed by atoms with Crippen LogP contribution in [0.4, 0.5) is 5.69 Å². The maximum Gasteiger partial charge on any atom is 0.269 e. The number of carbonyl (C=O) groups is 1. The number of nitro benzene ring substituents is 1. The first-order valence-electron chi connectivity index (χ1n) is 5.16. The number of ether oxygens (including phenoxy) is 1. The minimum atomic E-state index is -0.470. The van der Waals surface area contributed by atoms with E-state index in [9.17, 15) is 14.9 Å². The highest BCUT2D eigenvalue weighted by atomic mass is 16.6. The lowest BCUT2D eigenvalue weighted by molar-refractivity contribution is -0.384. The van der Waals surface area contributed by atoms with Crippen molar-refractivity contribution in [2.45, 2.75) is 0 Å². The zero-order valence-corrected chi connectivity index (χ0v) is 9.28. The molecule has 2 aromatic carbocycles. The first kappa shape index (κ1) is 11.8. The molecule has 0 spiro atoms. The topological polar surface area (TPSA) is 69.4 Å². The predicted molar refractivity (Wildman–Crippen MR) is 65.0 cm³/mol. The Morgan fingerprint density at radius 3 is 1.89 bits per heavy atom. The summed E-state index contributed by atoms with van der Waals surface area (Å²) in [5, 5.41) is 10.5. The minimum absolute atomic E-state index is 0.0126. The van der Waals surface area contributed by atoms with Crippen LogP contribution in [0.15, 0.2) is 48.5 Å². The van der Waals surface area contributed by atoms with Crippen LogP contribution >= 0.6 is 0 Å². The second-order valence-electron chi connectivity index (χ2n) is 3.54. The van der Waals surface area contributed by atoms with Gasteiger partial charge in [-0.25, -0.2) is 0 Å². The van der Waals surface area contributed by atoms with Gasteiger partial charge in [-0.2, -0.15) is 0 Å². The molecule has 0 aliphatic carbocycles. The van der Waals surface area contributed by atoms with Crippen molar-refractivity contribution < 1.29 is 14.5 Å². The van der Waals surface area contributed by atoms with E-state index in [0.717, 1.165) is 6.29 Å². The number of non-ortho nitro benzene ring substituents is 1. The van der Waals surface area contributed by atoms with Crippen molar-refractivity contribution in [2.75, 3.05) is 0 Å². The van der Waals surface area contributed by atoms with E-state index in [0.29, 0.717) is 17.1 Å². The van der Waals surface area contributed by atoms with Crippen LogP contribution in [0.25, 0.3) is 0 Å². The van der Waals surface area contributed by atoms with Crippen molar-refractivity contribution in [1.82, 2.24) is 0 Å². The molecule has 0 unspecified atom stereocenters. The second kappa shape index (κ2) is 5.09. The van der Waals surface area contributed by atoms with E-state index in [1.54, 1.807) is 24.3 Å². The van der Waals surface area contributed by atoms with Gasteiger partial charge in [0.1, 0.15) is 17.8 Å². The van der Waals surface area contributed by atoms with Gasteiger partial charge in [0, 0.05) is 17.7 Å². The van der Waals surface area contributed by atoms with Gasteiger partial charge >= 0.3 is 0 Å². The predicted octanol–water partition coefficient (Wildman–Crippen LogP) is 3.20. The van der Waals surface area contributed by atoms with Crippen molar-refractivity contribution >= 4 is 12.0 Å². The van der Waals surface area contributed by atoms with E-state index in [1.165, 1.54) is 24.3 Å². The SMILES string of the molecule is O=Cc1ccc(Oc2ccc([N+](=O)[O-])cc2)cc1. The number of carbonyl (C=O) groups excluding carboxylic acids is 1. The third-order valence-corrected chi connectivity index (χ3v) is 2.30. The molecule has 0 atom stereocenters. The molecule has 5 nitrogen and oxygen atoms in total. The quantitative estimate of drug-likeness (QED) is 0.469. The molecule has 0 aliphatic heterocycles. The van der Waals surface area contributed by atoms with E-state index < -0.39 is 4.92 Å². The van der Waals surface area contributed by atoms with Gasteiger partial charge in [-0.05, 0) is 36.4 Å². The number of hydrogen-bond acceptors (Lipinski definition) is 4. The monoisotopic (exact) mass is 243 g/mol. The van der Waals surface area contributed by atoms with Crippen LogP contribution in [0, 0.1) is 10.1 Å². The molecule has 0 saturated carbocycles. The molecule has 90 valence electrons. The molecule has 18 heavy (non-hydrogen) atoms. The molecule has 0 amide bonds. The number of benzene rings is 2. The highest BCUT2D eigenvalue weighted by Gasteiger charge is 2.04. The number of hydrogen-bond donors (Lipinski definition) is 0. The molecular formula is C13H9NO4. The Morgan fingerprint density at radius 1 is 0.944 bits per heavy atom. The summed E-state index contributed by atoms with van der Waals surface area (Å²) < 4.78 is 5.47. The van der Waals surface area contributed by atoms with Gasteiger partial charge in [0.15, 0.2) is 0 Å². The van der Waals surface area contributed by atoms with Gasteiger partial charge in [-0.3, -0.25) is 14.9 Å². The molecule has 2 rings (SSSR count). The smallest absolute Gasteiger partial charge is 0.269 e. The summed E-state index contributed by atoms with van der Waals surface area (Å²) in [5.74, 6) is 1.06. The van der Waals surface area contributed by atoms with Gasteiger partial charge in [0.05, 0.1) is 4.92 Å². The lowest BCUT2D eigenvalue weighted by Crippen LogP contribution is -1.88. The number of rotatable bonds is 4. The number of nitro groups is 1. The lowest BCUT2D eigenvalue weighted by atomic mass is 10.2. The Morgan fingerprint density at radius 2 is 1.44 bits per heavy atom. The molecule has 0 fully saturated rings. The van der Waals surface area contributed by atoms with E-state index in [4.69, 9.17) is 4.74 Å². The fourth-order valence-electron chi connectivity index (χ4n) is 1.39. The minimum Gasteiger partial charge on any atom is -0.457 e. The van der Waals surface area contributed by atoms with Gasteiger partial charge < -0.3 is 4.74 Å². The Labute approximate surface area is 103 Å². The summed E-state index contributed by atoms with van der Waals surface area (Å²) in [6.45, 7) is 0. The standard InChI is InChI=1S/C13H9NO4/c15-9-10-1-5-12(6-2-10)18-13-7-3-11(4-8-13)14(16)17/h1-9H. The molecule has 0 radical (unpaired) electrons. The zero-order valence-electron chi connectivity index (χ0n) is 9.28. The van der Waals surface area contributed by atoms with Crippen molar-refractivity contribution in [3.63, 3.8) is 0 Å². The van der Waals surface area contributed by atoms with Crippen molar-refractivity contribution in [2.24, 2.45) is 0 Å². The maximum atomic E-state index is 10.5. The van der Waals surface area contributed by atoms with Crippen LogP contribution in [0.2, 0.25) is 0 Å². The number of nitrogens with zero attached hydrogens (tertiary/aromatic N) is 1. The van der Waals surface area contributed by atoms with Gasteiger partial charge in [0.25, 0.3) is 5.69 Å². The van der Waals surface area contributed by atoms with Crippen LogP contribution in [-0.2, 0) is 0 Å². The van der Waals surface area contributed by atoms with Crippen molar-refractivity contribution in [3.8, 4) is 11.5 Å². The normalized spacial score (nSPS) is 9.78. The van der Waals surface area contributed by atoms with Crippen LogP contribution in [-0.4, -0.2) is 11.2 Å². The highest BCUT2D eigenvalue weighted by molar-refractivity contribution is 5.74. The van der Waals surface area contributed by atoms with Crippen LogP contribution in [0.3, 0.4) is 0 Å². The van der Waals surface area contributed by atoms with Crippen LogP contribution < -0.4 is 4.74 Å². The van der Waals surface area contributed by atoms with Gasteiger partial charge in [-0.15, -0.1) is 0 Å². The molecule has 0 aromatic heterocycles. The Kier molecular flexibility index (Phi) is 3.33. The third-order valence-electron chi connectivity index (χ3n) is 2.30. The Balaban J connectivity index is 2.12. The maximum absolute atomic E-state index is 10.5. The van der Waals surface area contributed by atoms with E-state index in [2.05, 4.69) is 0 Å². The summed E-state index contributed by atoms with van der Waals surface area (Å²) in [5.41, 5.74) is 0.574. The fourth-order valence-corrected chi connectivity index (χ4v) is 1.39. The van der Waals surface area contributed by atoms with Crippen LogP contribution in [0.1, 0.15) is 10.4 Å². The first-order valence-corrected chi connectivity index (χ1v) is 5.16. The average molecular weight is 243 g/mol. The molecular weight excluding hydrogens is 234 g/mol. The lowest BCUT2D eigenvalue weighted by Gasteiger charge is -2.05. The Hall–Kier alpha value is -2.69. The summed E-state index contributed by atoms with van der Waals surface area (Å²) >= 11 is 0.